The smallest absolute Gasteiger partial charge is 0.0994 e. The second kappa shape index (κ2) is 2.39. The minimum atomic E-state index is 0.844. The van der Waals surface area contributed by atoms with Gasteiger partial charge in [-0.15, -0.1) is 0 Å². The molecule has 0 spiro atoms. The van der Waals surface area contributed by atoms with Crippen LogP contribution in [0.15, 0.2) is 18.2 Å². The Bertz CT molecular complexity index is 320. The third kappa shape index (κ3) is 0.914. The monoisotopic (exact) mass is 142 g/mol. The molecule has 0 aliphatic heterocycles. The van der Waals surface area contributed by atoms with E-state index in [4.69, 9.17) is 5.26 Å². The van der Waals surface area contributed by atoms with Crippen LogP contribution in [0.3, 0.4) is 0 Å². The lowest BCUT2D eigenvalue weighted by Crippen LogP contribution is -1.86. The van der Waals surface area contributed by atoms with E-state index in [1.54, 1.807) is 0 Å². The van der Waals surface area contributed by atoms with Gasteiger partial charge in [0.25, 0.3) is 0 Å². The Hall–Kier alpha value is -1.29. The van der Waals surface area contributed by atoms with Gasteiger partial charge in [0.1, 0.15) is 0 Å². The average Bonchev–Trinajstić information content (AvgIpc) is 2.50. The fourth-order valence-electron chi connectivity index (χ4n) is 1.54. The highest BCUT2D eigenvalue weighted by molar-refractivity contribution is 5.46. The third-order valence-corrected chi connectivity index (χ3v) is 2.11. The van der Waals surface area contributed by atoms with Crippen LogP contribution in [0.1, 0.15) is 16.7 Å². The molecule has 0 fully saturated rings. The maximum absolute atomic E-state index is 8.74. The molecule has 0 atom stereocenters. The predicted octanol–water partition coefficient (Wildman–Crippen LogP) is 1.86. The zero-order chi connectivity index (χ0) is 7.68. The lowest BCUT2D eigenvalue weighted by Gasteiger charge is -1.98. The Kier molecular flexibility index (Phi) is 1.40. The highest BCUT2D eigenvalue weighted by Gasteiger charge is 2.13. The Morgan fingerprint density at radius 3 is 3.00 bits per heavy atom. The number of benzene rings is 1. The van der Waals surface area contributed by atoms with Crippen molar-refractivity contribution in [3.63, 3.8) is 0 Å². The Labute approximate surface area is 66.3 Å². The summed E-state index contributed by atoms with van der Waals surface area (Å²) < 4.78 is 0. The molecule has 1 aliphatic carbocycles. The van der Waals surface area contributed by atoms with E-state index in [1.165, 1.54) is 11.1 Å². The second-order valence-corrected chi connectivity index (χ2v) is 2.75. The van der Waals surface area contributed by atoms with Gasteiger partial charge < -0.3 is 0 Å². The minimum absolute atomic E-state index is 0.844. The van der Waals surface area contributed by atoms with E-state index in [9.17, 15) is 0 Å². The van der Waals surface area contributed by atoms with Crippen LogP contribution in [0, 0.1) is 17.8 Å². The molecular formula is C10H8N. The molecule has 0 N–H and O–H groups in total. The number of nitriles is 1. The molecule has 1 nitrogen and oxygen atoms in total. The molecule has 1 radical (unpaired) electrons. The highest BCUT2D eigenvalue weighted by Crippen LogP contribution is 2.23. The summed E-state index contributed by atoms with van der Waals surface area (Å²) in [5.41, 5.74) is 3.40. The molecule has 1 aromatic carbocycles. The zero-order valence-corrected chi connectivity index (χ0v) is 6.17. The molecule has 0 saturated heterocycles. The van der Waals surface area contributed by atoms with E-state index in [1.807, 2.05) is 12.1 Å². The average molecular weight is 142 g/mol. The van der Waals surface area contributed by atoms with Crippen molar-refractivity contribution in [3.8, 4) is 6.07 Å². The Balaban J connectivity index is 2.61. The molecule has 0 saturated carbocycles. The molecule has 0 aromatic heterocycles. The molecule has 0 unspecified atom stereocenters. The molecule has 1 heteroatoms. The van der Waals surface area contributed by atoms with Crippen LogP contribution in [0.25, 0.3) is 0 Å². The summed E-state index contributed by atoms with van der Waals surface area (Å²) in [6.07, 6.45) is 4.22. The molecule has 0 bridgehead atoms. The Morgan fingerprint density at radius 2 is 2.18 bits per heavy atom. The molecule has 0 amide bonds. The van der Waals surface area contributed by atoms with Crippen molar-refractivity contribution in [1.82, 2.24) is 0 Å². The van der Waals surface area contributed by atoms with Gasteiger partial charge in [0.2, 0.25) is 0 Å². The van der Waals surface area contributed by atoms with Crippen LogP contribution in [-0.4, -0.2) is 0 Å². The maximum atomic E-state index is 8.74. The van der Waals surface area contributed by atoms with Crippen LogP contribution < -0.4 is 0 Å². The first-order valence-electron chi connectivity index (χ1n) is 3.74. The van der Waals surface area contributed by atoms with Crippen molar-refractivity contribution in [2.45, 2.75) is 12.8 Å². The SMILES string of the molecule is N#Cc1cccc2c1C[CH]C2. The minimum Gasteiger partial charge on any atom is -0.192 e. The van der Waals surface area contributed by atoms with Gasteiger partial charge in [-0.25, -0.2) is 0 Å². The summed E-state index contributed by atoms with van der Waals surface area (Å²) in [6, 6.07) is 8.15. The molecular weight excluding hydrogens is 134 g/mol. The number of fused-ring (bicyclic) bond motifs is 1. The van der Waals surface area contributed by atoms with Crippen LogP contribution in [0.2, 0.25) is 0 Å². The summed E-state index contributed by atoms with van der Waals surface area (Å²) in [5.74, 6) is 0. The lowest BCUT2D eigenvalue weighted by molar-refractivity contribution is 1.17. The predicted molar refractivity (Wildman–Crippen MR) is 42.9 cm³/mol. The van der Waals surface area contributed by atoms with Crippen LogP contribution in [0.5, 0.6) is 0 Å². The van der Waals surface area contributed by atoms with Crippen molar-refractivity contribution >= 4 is 0 Å². The van der Waals surface area contributed by atoms with Crippen molar-refractivity contribution in [3.05, 3.63) is 41.3 Å². The number of hydrogen-bond acceptors (Lipinski definition) is 1. The molecule has 0 heterocycles. The van der Waals surface area contributed by atoms with E-state index in [2.05, 4.69) is 18.6 Å². The van der Waals surface area contributed by atoms with Gasteiger partial charge >= 0.3 is 0 Å². The summed E-state index contributed by atoms with van der Waals surface area (Å²) in [4.78, 5) is 0. The molecule has 53 valence electrons. The largest absolute Gasteiger partial charge is 0.192 e. The van der Waals surface area contributed by atoms with Crippen molar-refractivity contribution < 1.29 is 0 Å². The van der Waals surface area contributed by atoms with Gasteiger partial charge in [-0.1, -0.05) is 12.1 Å². The molecule has 11 heavy (non-hydrogen) atoms. The van der Waals surface area contributed by atoms with Crippen LogP contribution >= 0.6 is 0 Å². The second-order valence-electron chi connectivity index (χ2n) is 2.75. The van der Waals surface area contributed by atoms with E-state index in [0.29, 0.717) is 0 Å². The van der Waals surface area contributed by atoms with Gasteiger partial charge in [-0.3, -0.25) is 0 Å². The van der Waals surface area contributed by atoms with E-state index in [0.717, 1.165) is 18.4 Å². The fraction of sp³-hybridized carbons (Fsp3) is 0.200. The zero-order valence-electron chi connectivity index (χ0n) is 6.17. The van der Waals surface area contributed by atoms with E-state index >= 15 is 0 Å². The number of nitrogens with zero attached hydrogens (tertiary/aromatic N) is 1. The standard InChI is InChI=1S/C10H8N/c11-7-9-5-1-3-8-4-2-6-10(8)9/h1-3,5H,4,6H2. The van der Waals surface area contributed by atoms with Gasteiger partial charge in [0, 0.05) is 0 Å². The van der Waals surface area contributed by atoms with Crippen LogP contribution in [0.4, 0.5) is 0 Å². The molecule has 1 aromatic rings. The highest BCUT2D eigenvalue weighted by atomic mass is 14.3. The maximum Gasteiger partial charge on any atom is 0.0994 e. The fourth-order valence-corrected chi connectivity index (χ4v) is 1.54. The summed E-state index contributed by atoms with van der Waals surface area (Å²) in [5, 5.41) is 8.74. The first kappa shape index (κ1) is 6.42. The first-order valence-corrected chi connectivity index (χ1v) is 3.74. The Morgan fingerprint density at radius 1 is 1.27 bits per heavy atom. The normalized spacial score (nSPS) is 14.1. The number of rotatable bonds is 0. The third-order valence-electron chi connectivity index (χ3n) is 2.11. The summed E-state index contributed by atoms with van der Waals surface area (Å²) in [6.45, 7) is 0. The quantitative estimate of drug-likeness (QED) is 0.542. The number of hydrogen-bond donors (Lipinski definition) is 0. The van der Waals surface area contributed by atoms with Gasteiger partial charge in [-0.2, -0.15) is 5.26 Å². The van der Waals surface area contributed by atoms with Crippen LogP contribution in [-0.2, 0) is 12.8 Å². The van der Waals surface area contributed by atoms with Gasteiger partial charge in [-0.05, 0) is 36.5 Å². The first-order chi connectivity index (χ1) is 5.42. The van der Waals surface area contributed by atoms with Gasteiger partial charge in [0.15, 0.2) is 0 Å². The van der Waals surface area contributed by atoms with Crippen molar-refractivity contribution in [2.24, 2.45) is 0 Å². The lowest BCUT2D eigenvalue weighted by atomic mass is 10.0. The van der Waals surface area contributed by atoms with E-state index < -0.39 is 0 Å². The summed E-state index contributed by atoms with van der Waals surface area (Å²) in [7, 11) is 0. The van der Waals surface area contributed by atoms with Crippen molar-refractivity contribution in [1.29, 1.82) is 5.26 Å². The van der Waals surface area contributed by atoms with Gasteiger partial charge in [0.05, 0.1) is 11.6 Å². The van der Waals surface area contributed by atoms with Crippen molar-refractivity contribution in [2.75, 3.05) is 0 Å². The topological polar surface area (TPSA) is 23.8 Å². The molecule has 2 rings (SSSR count). The summed E-state index contributed by atoms with van der Waals surface area (Å²) >= 11 is 0. The van der Waals surface area contributed by atoms with E-state index in [-0.39, 0.29) is 0 Å². The molecule has 1 aliphatic rings.